The minimum absolute atomic E-state index is 0.0894. The van der Waals surface area contributed by atoms with Gasteiger partial charge in [0.05, 0.1) is 11.6 Å². The Kier molecular flexibility index (Phi) is 7.81. The number of halogens is 2. The molecular formula is C23H33F2N3O2. The van der Waals surface area contributed by atoms with Crippen molar-refractivity contribution in [3.63, 3.8) is 0 Å². The Morgan fingerprint density at radius 2 is 1.80 bits per heavy atom. The molecule has 2 amide bonds. The fraction of sp³-hybridized carbons (Fsp3) is 0.652. The Labute approximate surface area is 177 Å². The van der Waals surface area contributed by atoms with Crippen LogP contribution in [0, 0.1) is 23.5 Å². The normalized spacial score (nSPS) is 20.2. The average Bonchev–Trinajstić information content (AvgIpc) is 3.26. The molecule has 166 valence electrons. The van der Waals surface area contributed by atoms with E-state index >= 15 is 0 Å². The zero-order valence-corrected chi connectivity index (χ0v) is 18.0. The lowest BCUT2D eigenvalue weighted by Crippen LogP contribution is -2.58. The summed E-state index contributed by atoms with van der Waals surface area (Å²) >= 11 is 0. The molecule has 1 heterocycles. The van der Waals surface area contributed by atoms with Crippen molar-refractivity contribution in [1.29, 1.82) is 0 Å². The van der Waals surface area contributed by atoms with E-state index in [2.05, 4.69) is 24.1 Å². The summed E-state index contributed by atoms with van der Waals surface area (Å²) in [5, 5.41) is 3.13. The molecule has 3 rings (SSSR count). The molecular weight excluding hydrogens is 388 g/mol. The molecule has 2 aliphatic rings. The molecule has 7 heteroatoms. The Morgan fingerprint density at radius 3 is 2.40 bits per heavy atom. The van der Waals surface area contributed by atoms with Crippen molar-refractivity contribution in [1.82, 2.24) is 15.1 Å². The third-order valence-corrected chi connectivity index (χ3v) is 6.59. The second kappa shape index (κ2) is 10.3. The van der Waals surface area contributed by atoms with Crippen LogP contribution in [0.15, 0.2) is 18.2 Å². The molecule has 2 atom stereocenters. The van der Waals surface area contributed by atoms with Crippen LogP contribution in [0.4, 0.5) is 8.78 Å². The average molecular weight is 422 g/mol. The van der Waals surface area contributed by atoms with Crippen molar-refractivity contribution in [3.8, 4) is 0 Å². The first-order valence-electron chi connectivity index (χ1n) is 11.2. The number of hydrogen-bond acceptors (Lipinski definition) is 3. The maximum absolute atomic E-state index is 14.0. The Bertz CT molecular complexity index is 744. The van der Waals surface area contributed by atoms with Crippen LogP contribution in [-0.4, -0.2) is 60.4 Å². The maximum Gasteiger partial charge on any atom is 0.256 e. The van der Waals surface area contributed by atoms with Crippen LogP contribution in [0.3, 0.4) is 0 Å². The quantitative estimate of drug-likeness (QED) is 0.734. The Balaban J connectivity index is 1.63. The van der Waals surface area contributed by atoms with E-state index in [1.165, 1.54) is 6.07 Å². The van der Waals surface area contributed by atoms with Crippen LogP contribution < -0.4 is 5.32 Å². The molecule has 1 aromatic rings. The number of piperazine rings is 1. The van der Waals surface area contributed by atoms with E-state index in [4.69, 9.17) is 0 Å². The minimum Gasteiger partial charge on any atom is -0.354 e. The smallest absolute Gasteiger partial charge is 0.256 e. The lowest BCUT2D eigenvalue weighted by Gasteiger charge is -2.41. The number of nitrogens with zero attached hydrogens (tertiary/aromatic N) is 2. The fourth-order valence-corrected chi connectivity index (χ4v) is 4.51. The summed E-state index contributed by atoms with van der Waals surface area (Å²) in [4.78, 5) is 29.5. The summed E-state index contributed by atoms with van der Waals surface area (Å²) in [7, 11) is 0. The second-order valence-corrected chi connectivity index (χ2v) is 8.70. The highest BCUT2D eigenvalue weighted by molar-refractivity contribution is 5.94. The van der Waals surface area contributed by atoms with Crippen LogP contribution in [0.5, 0.6) is 0 Å². The van der Waals surface area contributed by atoms with E-state index in [0.717, 1.165) is 44.2 Å². The van der Waals surface area contributed by atoms with Gasteiger partial charge in [0.2, 0.25) is 5.91 Å². The molecule has 30 heavy (non-hydrogen) atoms. The van der Waals surface area contributed by atoms with Gasteiger partial charge in [0, 0.05) is 38.8 Å². The second-order valence-electron chi connectivity index (χ2n) is 8.70. The van der Waals surface area contributed by atoms with E-state index in [0.29, 0.717) is 44.6 Å². The van der Waals surface area contributed by atoms with Crippen molar-refractivity contribution in [2.45, 2.75) is 52.0 Å². The number of hydrogen-bond donors (Lipinski definition) is 1. The summed E-state index contributed by atoms with van der Waals surface area (Å²) in [6.07, 6.45) is 5.45. The van der Waals surface area contributed by atoms with Gasteiger partial charge >= 0.3 is 0 Å². The van der Waals surface area contributed by atoms with Crippen LogP contribution in [0.2, 0.25) is 0 Å². The third kappa shape index (κ3) is 5.36. The van der Waals surface area contributed by atoms with Crippen molar-refractivity contribution in [2.24, 2.45) is 11.8 Å². The fourth-order valence-electron chi connectivity index (χ4n) is 4.51. The van der Waals surface area contributed by atoms with Gasteiger partial charge in [0.15, 0.2) is 0 Å². The van der Waals surface area contributed by atoms with Gasteiger partial charge in [-0.15, -0.1) is 0 Å². The van der Waals surface area contributed by atoms with Crippen molar-refractivity contribution < 1.29 is 18.4 Å². The van der Waals surface area contributed by atoms with Gasteiger partial charge in [0.25, 0.3) is 5.91 Å². The Hall–Kier alpha value is -2.02. The Morgan fingerprint density at radius 1 is 1.13 bits per heavy atom. The van der Waals surface area contributed by atoms with Crippen molar-refractivity contribution in [2.75, 3.05) is 32.7 Å². The largest absolute Gasteiger partial charge is 0.354 e. The molecule has 0 radical (unpaired) electrons. The zero-order chi connectivity index (χ0) is 21.7. The van der Waals surface area contributed by atoms with Crippen molar-refractivity contribution in [3.05, 3.63) is 35.4 Å². The molecule has 1 saturated heterocycles. The molecule has 1 N–H and O–H groups in total. The van der Waals surface area contributed by atoms with Crippen LogP contribution in [0.1, 0.15) is 56.3 Å². The number of rotatable bonds is 7. The molecule has 1 aromatic carbocycles. The lowest BCUT2D eigenvalue weighted by atomic mass is 9.94. The molecule has 0 aromatic heterocycles. The minimum atomic E-state index is -0.837. The topological polar surface area (TPSA) is 52.7 Å². The molecule has 1 aliphatic carbocycles. The predicted molar refractivity (Wildman–Crippen MR) is 112 cm³/mol. The van der Waals surface area contributed by atoms with Crippen molar-refractivity contribution >= 4 is 11.8 Å². The number of nitrogens with one attached hydrogen (secondary N) is 1. The predicted octanol–water partition coefficient (Wildman–Crippen LogP) is 3.44. The molecule has 0 bridgehead atoms. The molecule has 2 unspecified atom stereocenters. The highest BCUT2D eigenvalue weighted by Gasteiger charge is 2.37. The van der Waals surface area contributed by atoms with Gasteiger partial charge in [-0.1, -0.05) is 33.1 Å². The number of carbonyl (C=O) groups is 2. The van der Waals surface area contributed by atoms with Crippen LogP contribution in [-0.2, 0) is 4.79 Å². The highest BCUT2D eigenvalue weighted by Crippen LogP contribution is 2.31. The first-order chi connectivity index (χ1) is 14.4. The lowest BCUT2D eigenvalue weighted by molar-refractivity contribution is -0.129. The summed E-state index contributed by atoms with van der Waals surface area (Å²) in [6, 6.07) is 2.87. The number of carbonyl (C=O) groups excluding carboxylic acids is 2. The molecule has 5 nitrogen and oxygen atoms in total. The van der Waals surface area contributed by atoms with Gasteiger partial charge in [-0.2, -0.15) is 0 Å². The van der Waals surface area contributed by atoms with E-state index < -0.39 is 17.5 Å². The summed E-state index contributed by atoms with van der Waals surface area (Å²) in [6.45, 7) is 6.93. The van der Waals surface area contributed by atoms with E-state index in [9.17, 15) is 18.4 Å². The van der Waals surface area contributed by atoms with E-state index in [1.807, 2.05) is 0 Å². The standard InChI is InChI=1S/C23H33F2N3O2/c1-3-16(2)15-26-22(29)21(17-6-4-5-7-17)27-10-12-28(13-11-27)23(30)19-9-8-18(24)14-20(19)25/h8-9,14,16-17,21H,3-7,10-13,15H2,1-2H3,(H,26,29). The summed E-state index contributed by atoms with van der Waals surface area (Å²) in [5.74, 6) is -1.08. The van der Waals surface area contributed by atoms with Gasteiger partial charge in [0.1, 0.15) is 11.6 Å². The van der Waals surface area contributed by atoms with Gasteiger partial charge in [-0.3, -0.25) is 14.5 Å². The van der Waals surface area contributed by atoms with Gasteiger partial charge in [-0.05, 0) is 36.8 Å². The van der Waals surface area contributed by atoms with Crippen LogP contribution >= 0.6 is 0 Å². The third-order valence-electron chi connectivity index (χ3n) is 6.59. The van der Waals surface area contributed by atoms with E-state index in [-0.39, 0.29) is 17.5 Å². The number of benzene rings is 1. The molecule has 2 fully saturated rings. The number of amides is 2. The first kappa shape index (κ1) is 22.7. The SMILES string of the molecule is CCC(C)CNC(=O)C(C1CCCC1)N1CCN(C(=O)c2ccc(F)cc2F)CC1. The van der Waals surface area contributed by atoms with E-state index in [1.54, 1.807) is 4.90 Å². The monoisotopic (exact) mass is 421 g/mol. The first-order valence-corrected chi connectivity index (χ1v) is 11.2. The molecule has 1 saturated carbocycles. The summed E-state index contributed by atoms with van der Waals surface area (Å²) in [5.41, 5.74) is -0.108. The zero-order valence-electron chi connectivity index (χ0n) is 18.0. The summed E-state index contributed by atoms with van der Waals surface area (Å²) < 4.78 is 27.1. The molecule has 0 spiro atoms. The maximum atomic E-state index is 14.0. The van der Waals surface area contributed by atoms with Crippen LogP contribution in [0.25, 0.3) is 0 Å². The van der Waals surface area contributed by atoms with Gasteiger partial charge in [-0.25, -0.2) is 8.78 Å². The molecule has 1 aliphatic heterocycles. The highest BCUT2D eigenvalue weighted by atomic mass is 19.1. The van der Waals surface area contributed by atoms with Gasteiger partial charge < -0.3 is 10.2 Å².